The quantitative estimate of drug-likeness (QED) is 0.448. The van der Waals surface area contributed by atoms with E-state index in [9.17, 15) is 0 Å². The van der Waals surface area contributed by atoms with E-state index >= 15 is 0 Å². The Bertz CT molecular complexity index is 299. The van der Waals surface area contributed by atoms with Crippen molar-refractivity contribution in [1.82, 2.24) is 0 Å². The molecule has 0 radical (unpaired) electrons. The van der Waals surface area contributed by atoms with Crippen LogP contribution in [0.2, 0.25) is 10.0 Å². The molecule has 0 amide bonds. The molecule has 12 heavy (non-hydrogen) atoms. The standard InChI is InChI=1S/C8H7Cl2NO/c9-7-2-1-6(3-4-11-12)8(10)5-7/h1-2,4-5,12H,3H2. The number of hydrogen-bond donors (Lipinski definition) is 1. The van der Waals surface area contributed by atoms with Crippen molar-refractivity contribution in [3.8, 4) is 0 Å². The minimum absolute atomic E-state index is 0.506. The van der Waals surface area contributed by atoms with Crippen LogP contribution >= 0.6 is 23.2 Å². The Hall–Kier alpha value is -0.730. The highest BCUT2D eigenvalue weighted by atomic mass is 35.5. The molecule has 0 spiro atoms. The first kappa shape index (κ1) is 9.36. The van der Waals surface area contributed by atoms with Gasteiger partial charge in [-0.3, -0.25) is 0 Å². The normalized spacial score (nSPS) is 10.8. The molecule has 0 bridgehead atoms. The summed E-state index contributed by atoms with van der Waals surface area (Å²) in [6, 6.07) is 5.20. The fourth-order valence-corrected chi connectivity index (χ4v) is 1.31. The molecular weight excluding hydrogens is 197 g/mol. The van der Waals surface area contributed by atoms with Crippen LogP contribution in [0.5, 0.6) is 0 Å². The number of benzene rings is 1. The van der Waals surface area contributed by atoms with Crippen LogP contribution in [0.15, 0.2) is 23.4 Å². The molecule has 0 unspecified atom stereocenters. The minimum Gasteiger partial charge on any atom is -0.411 e. The van der Waals surface area contributed by atoms with E-state index in [1.165, 1.54) is 6.21 Å². The Labute approximate surface area is 80.4 Å². The monoisotopic (exact) mass is 203 g/mol. The second kappa shape index (κ2) is 4.33. The van der Waals surface area contributed by atoms with Crippen molar-refractivity contribution in [3.05, 3.63) is 33.8 Å². The summed E-state index contributed by atoms with van der Waals surface area (Å²) in [6.45, 7) is 0. The molecule has 2 nitrogen and oxygen atoms in total. The second-order valence-corrected chi connectivity index (χ2v) is 3.08. The third kappa shape index (κ3) is 2.40. The van der Waals surface area contributed by atoms with Crippen molar-refractivity contribution in [2.75, 3.05) is 0 Å². The molecule has 1 aromatic rings. The lowest BCUT2D eigenvalue weighted by Gasteiger charge is -1.99. The van der Waals surface area contributed by atoms with Crippen LogP contribution < -0.4 is 0 Å². The molecule has 0 heterocycles. The van der Waals surface area contributed by atoms with Gasteiger partial charge in [0, 0.05) is 22.7 Å². The summed E-state index contributed by atoms with van der Waals surface area (Å²) in [5.41, 5.74) is 0.888. The number of hydrogen-bond acceptors (Lipinski definition) is 2. The van der Waals surface area contributed by atoms with Gasteiger partial charge in [0.05, 0.1) is 0 Å². The molecule has 0 aromatic heterocycles. The maximum absolute atomic E-state index is 8.17. The zero-order valence-corrected chi connectivity index (χ0v) is 7.68. The van der Waals surface area contributed by atoms with Crippen LogP contribution in [0.25, 0.3) is 0 Å². The third-order valence-electron chi connectivity index (χ3n) is 1.41. The van der Waals surface area contributed by atoms with Crippen molar-refractivity contribution in [1.29, 1.82) is 0 Å². The van der Waals surface area contributed by atoms with Crippen molar-refractivity contribution >= 4 is 29.4 Å². The average Bonchev–Trinajstić information content (AvgIpc) is 2.03. The molecule has 0 fully saturated rings. The van der Waals surface area contributed by atoms with Crippen LogP contribution in [-0.2, 0) is 6.42 Å². The van der Waals surface area contributed by atoms with Crippen LogP contribution in [0.3, 0.4) is 0 Å². The zero-order valence-electron chi connectivity index (χ0n) is 6.17. The number of rotatable bonds is 2. The first-order valence-corrected chi connectivity index (χ1v) is 4.09. The van der Waals surface area contributed by atoms with Crippen LogP contribution in [-0.4, -0.2) is 11.4 Å². The molecule has 1 N–H and O–H groups in total. The highest BCUT2D eigenvalue weighted by Gasteiger charge is 1.98. The highest BCUT2D eigenvalue weighted by Crippen LogP contribution is 2.20. The number of nitrogens with zero attached hydrogens (tertiary/aromatic N) is 1. The lowest BCUT2D eigenvalue weighted by Crippen LogP contribution is -1.87. The molecule has 1 aromatic carbocycles. The van der Waals surface area contributed by atoms with Crippen LogP contribution in [0.4, 0.5) is 0 Å². The van der Waals surface area contributed by atoms with E-state index in [1.807, 2.05) is 0 Å². The molecule has 0 aliphatic carbocycles. The van der Waals surface area contributed by atoms with Gasteiger partial charge in [0.2, 0.25) is 0 Å². The molecule has 4 heteroatoms. The predicted molar refractivity (Wildman–Crippen MR) is 50.4 cm³/mol. The van der Waals surface area contributed by atoms with Crippen LogP contribution in [0, 0.1) is 0 Å². The molecule has 1 rings (SSSR count). The summed E-state index contributed by atoms with van der Waals surface area (Å²) in [6.07, 6.45) is 1.88. The second-order valence-electron chi connectivity index (χ2n) is 2.24. The van der Waals surface area contributed by atoms with Gasteiger partial charge in [0.15, 0.2) is 0 Å². The fourth-order valence-electron chi connectivity index (χ4n) is 0.826. The topological polar surface area (TPSA) is 32.6 Å². The van der Waals surface area contributed by atoms with Crippen molar-refractivity contribution in [2.24, 2.45) is 5.16 Å². The van der Waals surface area contributed by atoms with E-state index in [0.29, 0.717) is 16.5 Å². The Morgan fingerprint density at radius 3 is 2.75 bits per heavy atom. The molecule has 0 aliphatic rings. The van der Waals surface area contributed by atoms with E-state index in [-0.39, 0.29) is 0 Å². The first-order valence-electron chi connectivity index (χ1n) is 3.34. The van der Waals surface area contributed by atoms with Gasteiger partial charge >= 0.3 is 0 Å². The molecule has 0 aliphatic heterocycles. The van der Waals surface area contributed by atoms with Gasteiger partial charge in [-0.1, -0.05) is 29.3 Å². The smallest absolute Gasteiger partial charge is 0.0480 e. The average molecular weight is 204 g/mol. The largest absolute Gasteiger partial charge is 0.411 e. The Morgan fingerprint density at radius 1 is 1.42 bits per heavy atom. The molecular formula is C8H7Cl2NO. The van der Waals surface area contributed by atoms with Gasteiger partial charge in [-0.2, -0.15) is 0 Å². The molecule has 0 saturated heterocycles. The maximum Gasteiger partial charge on any atom is 0.0480 e. The maximum atomic E-state index is 8.17. The summed E-state index contributed by atoms with van der Waals surface area (Å²) in [5.74, 6) is 0. The number of halogens is 2. The summed E-state index contributed by atoms with van der Waals surface area (Å²) in [4.78, 5) is 0. The van der Waals surface area contributed by atoms with Gasteiger partial charge in [-0.05, 0) is 17.7 Å². The summed E-state index contributed by atoms with van der Waals surface area (Å²) >= 11 is 11.5. The zero-order chi connectivity index (χ0) is 8.97. The molecule has 64 valence electrons. The van der Waals surface area contributed by atoms with E-state index in [1.54, 1.807) is 18.2 Å². The van der Waals surface area contributed by atoms with E-state index in [2.05, 4.69) is 5.16 Å². The fraction of sp³-hybridized carbons (Fsp3) is 0.125. The van der Waals surface area contributed by atoms with Crippen molar-refractivity contribution in [3.63, 3.8) is 0 Å². The Kier molecular flexibility index (Phi) is 3.38. The Balaban J connectivity index is 2.86. The van der Waals surface area contributed by atoms with E-state index in [4.69, 9.17) is 28.4 Å². The lowest BCUT2D eigenvalue weighted by atomic mass is 10.2. The van der Waals surface area contributed by atoms with Crippen molar-refractivity contribution < 1.29 is 5.21 Å². The molecule has 0 atom stereocenters. The molecule has 0 saturated carbocycles. The lowest BCUT2D eigenvalue weighted by molar-refractivity contribution is 0.321. The number of oxime groups is 1. The summed E-state index contributed by atoms with van der Waals surface area (Å²) in [5, 5.41) is 12.2. The van der Waals surface area contributed by atoms with Crippen molar-refractivity contribution in [2.45, 2.75) is 6.42 Å². The Morgan fingerprint density at radius 2 is 2.17 bits per heavy atom. The summed E-state index contributed by atoms with van der Waals surface area (Å²) < 4.78 is 0. The summed E-state index contributed by atoms with van der Waals surface area (Å²) in [7, 11) is 0. The first-order chi connectivity index (χ1) is 5.74. The van der Waals surface area contributed by atoms with Gasteiger partial charge in [-0.15, -0.1) is 5.16 Å². The van der Waals surface area contributed by atoms with Gasteiger partial charge in [0.25, 0.3) is 0 Å². The van der Waals surface area contributed by atoms with Gasteiger partial charge < -0.3 is 5.21 Å². The SMILES string of the molecule is ON=CCc1ccc(Cl)cc1Cl. The van der Waals surface area contributed by atoms with E-state index < -0.39 is 0 Å². The predicted octanol–water partition coefficient (Wildman–Crippen LogP) is 3.00. The minimum atomic E-state index is 0.506. The van der Waals surface area contributed by atoms with Gasteiger partial charge in [0.1, 0.15) is 0 Å². The van der Waals surface area contributed by atoms with Crippen LogP contribution in [0.1, 0.15) is 5.56 Å². The van der Waals surface area contributed by atoms with Gasteiger partial charge in [-0.25, -0.2) is 0 Å². The van der Waals surface area contributed by atoms with E-state index in [0.717, 1.165) is 5.56 Å². The third-order valence-corrected chi connectivity index (χ3v) is 1.99. The highest BCUT2D eigenvalue weighted by molar-refractivity contribution is 6.35.